The Bertz CT molecular complexity index is 404. The topological polar surface area (TPSA) is 41.0 Å². The molecule has 17 heavy (non-hydrogen) atoms. The van der Waals surface area contributed by atoms with Crippen LogP contribution in [0.4, 0.5) is 11.6 Å². The summed E-state index contributed by atoms with van der Waals surface area (Å²) in [6.07, 6.45) is 2.56. The predicted octanol–water partition coefficient (Wildman–Crippen LogP) is 2.41. The van der Waals surface area contributed by atoms with E-state index in [4.69, 9.17) is 0 Å². The Morgan fingerprint density at radius 3 is 2.41 bits per heavy atom. The SMILES string of the molecule is CNc1cc(N(C)C2CC2)nc(C(C)(C)C)n1. The Hall–Kier alpha value is -1.32. The van der Waals surface area contributed by atoms with Crippen molar-refractivity contribution >= 4 is 11.6 Å². The first-order chi connectivity index (χ1) is 7.91. The van der Waals surface area contributed by atoms with Crippen LogP contribution in [0.25, 0.3) is 0 Å². The van der Waals surface area contributed by atoms with Gasteiger partial charge >= 0.3 is 0 Å². The second-order valence-electron chi connectivity index (χ2n) is 5.78. The Morgan fingerprint density at radius 2 is 1.94 bits per heavy atom. The van der Waals surface area contributed by atoms with Crippen molar-refractivity contribution in [2.24, 2.45) is 0 Å². The molecule has 0 aromatic carbocycles. The Balaban J connectivity index is 2.37. The summed E-state index contributed by atoms with van der Waals surface area (Å²) in [5, 5.41) is 3.12. The van der Waals surface area contributed by atoms with Crippen LogP contribution in [0, 0.1) is 0 Å². The maximum Gasteiger partial charge on any atom is 0.138 e. The molecule has 0 unspecified atom stereocenters. The van der Waals surface area contributed by atoms with E-state index in [1.807, 2.05) is 13.1 Å². The average Bonchev–Trinajstić information content (AvgIpc) is 3.10. The van der Waals surface area contributed by atoms with Crippen molar-refractivity contribution in [3.8, 4) is 0 Å². The number of anilines is 2. The minimum atomic E-state index is -0.0218. The molecule has 2 rings (SSSR count). The van der Waals surface area contributed by atoms with Gasteiger partial charge in [0.15, 0.2) is 0 Å². The zero-order valence-electron chi connectivity index (χ0n) is 11.4. The molecular weight excluding hydrogens is 212 g/mol. The van der Waals surface area contributed by atoms with Gasteiger partial charge in [0.25, 0.3) is 0 Å². The van der Waals surface area contributed by atoms with Crippen LogP contribution < -0.4 is 10.2 Å². The predicted molar refractivity (Wildman–Crippen MR) is 71.7 cm³/mol. The number of nitrogens with one attached hydrogen (secondary N) is 1. The number of nitrogens with zero attached hydrogens (tertiary/aromatic N) is 3. The fourth-order valence-corrected chi connectivity index (χ4v) is 1.73. The molecule has 4 nitrogen and oxygen atoms in total. The summed E-state index contributed by atoms with van der Waals surface area (Å²) in [5.74, 6) is 2.82. The number of rotatable bonds is 3. The average molecular weight is 234 g/mol. The van der Waals surface area contributed by atoms with E-state index in [2.05, 4.69) is 48.0 Å². The highest BCUT2D eigenvalue weighted by Crippen LogP contribution is 2.31. The summed E-state index contributed by atoms with van der Waals surface area (Å²) in [6, 6.07) is 2.69. The molecule has 1 aromatic rings. The fraction of sp³-hybridized carbons (Fsp3) is 0.692. The third-order valence-electron chi connectivity index (χ3n) is 3.10. The maximum absolute atomic E-state index is 4.69. The highest BCUT2D eigenvalue weighted by molar-refractivity contribution is 5.50. The van der Waals surface area contributed by atoms with Crippen molar-refractivity contribution in [1.82, 2.24) is 9.97 Å². The van der Waals surface area contributed by atoms with Crippen molar-refractivity contribution in [2.45, 2.75) is 45.1 Å². The van der Waals surface area contributed by atoms with Gasteiger partial charge in [-0.2, -0.15) is 0 Å². The summed E-state index contributed by atoms with van der Waals surface area (Å²) in [6.45, 7) is 6.42. The van der Waals surface area contributed by atoms with Crippen LogP contribution in [0.1, 0.15) is 39.4 Å². The minimum Gasteiger partial charge on any atom is -0.373 e. The van der Waals surface area contributed by atoms with Gasteiger partial charge in [0.05, 0.1) is 0 Å². The molecule has 0 spiro atoms. The molecule has 0 atom stereocenters. The van der Waals surface area contributed by atoms with E-state index in [-0.39, 0.29) is 5.41 Å². The first-order valence-corrected chi connectivity index (χ1v) is 6.22. The van der Waals surface area contributed by atoms with Crippen LogP contribution in [0.3, 0.4) is 0 Å². The largest absolute Gasteiger partial charge is 0.373 e. The number of hydrogen-bond acceptors (Lipinski definition) is 4. The Labute approximate surface area is 103 Å². The first kappa shape index (κ1) is 12.1. The van der Waals surface area contributed by atoms with Gasteiger partial charge in [0.2, 0.25) is 0 Å². The van der Waals surface area contributed by atoms with Crippen molar-refractivity contribution in [1.29, 1.82) is 0 Å². The van der Waals surface area contributed by atoms with Crippen molar-refractivity contribution < 1.29 is 0 Å². The highest BCUT2D eigenvalue weighted by atomic mass is 15.2. The molecule has 0 saturated heterocycles. The van der Waals surface area contributed by atoms with Gasteiger partial charge in [-0.25, -0.2) is 9.97 Å². The van der Waals surface area contributed by atoms with E-state index < -0.39 is 0 Å². The van der Waals surface area contributed by atoms with Crippen LogP contribution in [-0.4, -0.2) is 30.1 Å². The molecule has 1 aliphatic carbocycles. The first-order valence-electron chi connectivity index (χ1n) is 6.22. The van der Waals surface area contributed by atoms with Crippen molar-refractivity contribution in [3.05, 3.63) is 11.9 Å². The summed E-state index contributed by atoms with van der Waals surface area (Å²) >= 11 is 0. The van der Waals surface area contributed by atoms with E-state index in [9.17, 15) is 0 Å². The smallest absolute Gasteiger partial charge is 0.138 e. The van der Waals surface area contributed by atoms with Gasteiger partial charge in [-0.15, -0.1) is 0 Å². The van der Waals surface area contributed by atoms with Gasteiger partial charge in [0.1, 0.15) is 17.5 Å². The van der Waals surface area contributed by atoms with Gasteiger partial charge in [0, 0.05) is 31.6 Å². The lowest BCUT2D eigenvalue weighted by atomic mass is 9.96. The maximum atomic E-state index is 4.69. The molecule has 94 valence electrons. The lowest BCUT2D eigenvalue weighted by Crippen LogP contribution is -2.24. The van der Waals surface area contributed by atoms with E-state index in [1.165, 1.54) is 12.8 Å². The van der Waals surface area contributed by atoms with Gasteiger partial charge in [-0.1, -0.05) is 20.8 Å². The molecule has 1 aromatic heterocycles. The Kier molecular flexibility index (Phi) is 2.98. The van der Waals surface area contributed by atoms with Crippen molar-refractivity contribution in [3.63, 3.8) is 0 Å². The standard InChI is InChI=1S/C13H22N4/c1-13(2,3)12-15-10(14-4)8-11(16-12)17(5)9-6-7-9/h8-9H,6-7H2,1-5H3,(H,14,15,16). The second-order valence-corrected chi connectivity index (χ2v) is 5.78. The fourth-order valence-electron chi connectivity index (χ4n) is 1.73. The monoisotopic (exact) mass is 234 g/mol. The molecule has 0 aliphatic heterocycles. The minimum absolute atomic E-state index is 0.0218. The van der Waals surface area contributed by atoms with Crippen LogP contribution in [0.5, 0.6) is 0 Å². The molecule has 0 amide bonds. The second kappa shape index (κ2) is 4.17. The lowest BCUT2D eigenvalue weighted by Gasteiger charge is -2.23. The molecule has 1 heterocycles. The van der Waals surface area contributed by atoms with E-state index in [0.29, 0.717) is 6.04 Å². The van der Waals surface area contributed by atoms with Crippen LogP contribution in [0.15, 0.2) is 6.07 Å². The van der Waals surface area contributed by atoms with E-state index >= 15 is 0 Å². The van der Waals surface area contributed by atoms with Crippen LogP contribution >= 0.6 is 0 Å². The molecule has 0 radical (unpaired) electrons. The molecule has 4 heteroatoms. The normalized spacial score (nSPS) is 15.8. The van der Waals surface area contributed by atoms with Gasteiger partial charge in [-0.05, 0) is 12.8 Å². The van der Waals surface area contributed by atoms with Crippen LogP contribution in [0.2, 0.25) is 0 Å². The van der Waals surface area contributed by atoms with E-state index in [1.54, 1.807) is 0 Å². The van der Waals surface area contributed by atoms with Crippen molar-refractivity contribution in [2.75, 3.05) is 24.3 Å². The summed E-state index contributed by atoms with van der Waals surface area (Å²) in [5.41, 5.74) is -0.0218. The number of aromatic nitrogens is 2. The third-order valence-corrected chi connectivity index (χ3v) is 3.10. The quantitative estimate of drug-likeness (QED) is 0.872. The van der Waals surface area contributed by atoms with Crippen LogP contribution in [-0.2, 0) is 5.41 Å². The van der Waals surface area contributed by atoms with E-state index in [0.717, 1.165) is 17.5 Å². The third kappa shape index (κ3) is 2.68. The molecule has 1 fully saturated rings. The zero-order chi connectivity index (χ0) is 12.6. The highest BCUT2D eigenvalue weighted by Gasteiger charge is 2.28. The summed E-state index contributed by atoms with van der Waals surface area (Å²) < 4.78 is 0. The van der Waals surface area contributed by atoms with Gasteiger partial charge < -0.3 is 10.2 Å². The van der Waals surface area contributed by atoms with Gasteiger partial charge in [-0.3, -0.25) is 0 Å². The molecular formula is C13H22N4. The number of hydrogen-bond donors (Lipinski definition) is 1. The Morgan fingerprint density at radius 1 is 1.29 bits per heavy atom. The molecule has 0 bridgehead atoms. The molecule has 1 N–H and O–H groups in total. The molecule has 1 aliphatic rings. The summed E-state index contributed by atoms with van der Waals surface area (Å²) in [7, 11) is 4.02. The lowest BCUT2D eigenvalue weighted by molar-refractivity contribution is 0.545. The summed E-state index contributed by atoms with van der Waals surface area (Å²) in [4.78, 5) is 11.5. The zero-order valence-corrected chi connectivity index (χ0v) is 11.4. The molecule has 1 saturated carbocycles.